The van der Waals surface area contributed by atoms with Gasteiger partial charge in [0.2, 0.25) is 0 Å². The monoisotopic (exact) mass is 271 g/mol. The number of aliphatic carboxylic acids is 1. The maximum atomic E-state index is 11.6. The quantitative estimate of drug-likeness (QED) is 0.718. The lowest BCUT2D eigenvalue weighted by Gasteiger charge is -2.15. The van der Waals surface area contributed by atoms with Crippen molar-refractivity contribution in [2.75, 3.05) is 13.2 Å². The molecule has 2 heterocycles. The Morgan fingerprint density at radius 1 is 1.56 bits per heavy atom. The number of nitrogens with one attached hydrogen (secondary N) is 2. The van der Waals surface area contributed by atoms with Crippen LogP contribution in [0.4, 0.5) is 4.79 Å². The average Bonchev–Trinajstić information content (AvgIpc) is 2.96. The van der Waals surface area contributed by atoms with Gasteiger partial charge < -0.3 is 20.5 Å². The van der Waals surface area contributed by atoms with E-state index in [2.05, 4.69) is 15.6 Å². The second-order valence-corrected chi connectivity index (χ2v) is 4.85. The standard InChI is InChI=1S/C10H13N3O4S/c14-9(15)7-3-17-4-8(7)13-10(16)12-2-6-1-11-5-18-6/h1,5,7-8H,2-4H2,(H,14,15)(H2,12,13,16). The number of amides is 2. The number of nitrogens with zero attached hydrogens (tertiary/aromatic N) is 1. The minimum absolute atomic E-state index is 0.134. The summed E-state index contributed by atoms with van der Waals surface area (Å²) < 4.78 is 5.05. The SMILES string of the molecule is O=C(NCc1cncs1)NC1COCC1C(=O)O. The molecule has 0 bridgehead atoms. The summed E-state index contributed by atoms with van der Waals surface area (Å²) in [4.78, 5) is 27.3. The molecule has 2 atom stereocenters. The summed E-state index contributed by atoms with van der Waals surface area (Å²) in [7, 11) is 0. The molecule has 1 saturated heterocycles. The van der Waals surface area contributed by atoms with Gasteiger partial charge in [-0.2, -0.15) is 0 Å². The van der Waals surface area contributed by atoms with Crippen molar-refractivity contribution in [1.29, 1.82) is 0 Å². The van der Waals surface area contributed by atoms with Crippen molar-refractivity contribution in [3.8, 4) is 0 Å². The molecule has 1 fully saturated rings. The lowest BCUT2D eigenvalue weighted by molar-refractivity contribution is -0.142. The molecule has 3 N–H and O–H groups in total. The molecule has 0 radical (unpaired) electrons. The van der Waals surface area contributed by atoms with E-state index in [9.17, 15) is 9.59 Å². The maximum Gasteiger partial charge on any atom is 0.315 e. The Hall–Kier alpha value is -1.67. The van der Waals surface area contributed by atoms with Crippen LogP contribution in [0.5, 0.6) is 0 Å². The number of ether oxygens (including phenoxy) is 1. The van der Waals surface area contributed by atoms with Crippen LogP contribution in [0, 0.1) is 5.92 Å². The Bertz CT molecular complexity index is 423. The Balaban J connectivity index is 1.78. The summed E-state index contributed by atoms with van der Waals surface area (Å²) in [6, 6.07) is -0.880. The van der Waals surface area contributed by atoms with E-state index in [0.717, 1.165) is 4.88 Å². The van der Waals surface area contributed by atoms with E-state index >= 15 is 0 Å². The van der Waals surface area contributed by atoms with Crippen LogP contribution in [-0.4, -0.2) is 41.3 Å². The third-order valence-corrected chi connectivity index (χ3v) is 3.40. The highest BCUT2D eigenvalue weighted by Gasteiger charge is 2.34. The number of aromatic nitrogens is 1. The molecular weight excluding hydrogens is 258 g/mol. The van der Waals surface area contributed by atoms with Gasteiger partial charge in [0.25, 0.3) is 0 Å². The molecule has 98 valence electrons. The molecule has 2 rings (SSSR count). The second-order valence-electron chi connectivity index (χ2n) is 3.88. The molecule has 1 aliphatic rings. The van der Waals surface area contributed by atoms with Crippen LogP contribution in [0.15, 0.2) is 11.7 Å². The molecule has 0 aliphatic carbocycles. The molecule has 1 aliphatic heterocycles. The highest BCUT2D eigenvalue weighted by Crippen LogP contribution is 2.13. The van der Waals surface area contributed by atoms with E-state index < -0.39 is 24.0 Å². The fourth-order valence-electron chi connectivity index (χ4n) is 1.66. The molecule has 18 heavy (non-hydrogen) atoms. The van der Waals surface area contributed by atoms with Crippen LogP contribution < -0.4 is 10.6 Å². The predicted octanol–water partition coefficient (Wildman–Crippen LogP) is 0.0419. The number of thiazole rings is 1. The number of carbonyl (C=O) groups is 2. The van der Waals surface area contributed by atoms with Gasteiger partial charge in [-0.3, -0.25) is 9.78 Å². The second kappa shape index (κ2) is 5.78. The maximum absolute atomic E-state index is 11.6. The summed E-state index contributed by atoms with van der Waals surface area (Å²) in [5.41, 5.74) is 1.68. The minimum Gasteiger partial charge on any atom is -0.481 e. The number of hydrogen-bond donors (Lipinski definition) is 3. The van der Waals surface area contributed by atoms with E-state index in [0.29, 0.717) is 6.54 Å². The van der Waals surface area contributed by atoms with E-state index in [-0.39, 0.29) is 13.2 Å². The zero-order valence-electron chi connectivity index (χ0n) is 9.46. The van der Waals surface area contributed by atoms with E-state index in [1.54, 1.807) is 11.7 Å². The van der Waals surface area contributed by atoms with Crippen molar-refractivity contribution in [3.63, 3.8) is 0 Å². The first kappa shape index (κ1) is 12.8. The minimum atomic E-state index is -0.958. The van der Waals surface area contributed by atoms with Crippen molar-refractivity contribution < 1.29 is 19.4 Å². The zero-order valence-corrected chi connectivity index (χ0v) is 10.3. The summed E-state index contributed by atoms with van der Waals surface area (Å²) in [5, 5.41) is 14.2. The topological polar surface area (TPSA) is 101 Å². The van der Waals surface area contributed by atoms with E-state index in [4.69, 9.17) is 9.84 Å². The summed E-state index contributed by atoms with van der Waals surface area (Å²) in [6.07, 6.45) is 1.67. The van der Waals surface area contributed by atoms with Crippen LogP contribution in [0.1, 0.15) is 4.88 Å². The smallest absolute Gasteiger partial charge is 0.315 e. The van der Waals surface area contributed by atoms with Gasteiger partial charge in [-0.05, 0) is 0 Å². The van der Waals surface area contributed by atoms with Gasteiger partial charge >= 0.3 is 12.0 Å². The number of carboxylic acids is 1. The number of hydrogen-bond acceptors (Lipinski definition) is 5. The summed E-state index contributed by atoms with van der Waals surface area (Å²) in [5.74, 6) is -1.64. The van der Waals surface area contributed by atoms with Gasteiger partial charge in [0.1, 0.15) is 5.92 Å². The lowest BCUT2D eigenvalue weighted by atomic mass is 10.0. The number of carboxylic acid groups (broad SMARTS) is 1. The van der Waals surface area contributed by atoms with Crippen molar-refractivity contribution in [2.45, 2.75) is 12.6 Å². The summed E-state index contributed by atoms with van der Waals surface area (Å²) >= 11 is 1.44. The molecule has 1 aromatic heterocycles. The van der Waals surface area contributed by atoms with Gasteiger partial charge in [-0.15, -0.1) is 11.3 Å². The third kappa shape index (κ3) is 3.17. The fraction of sp³-hybridized carbons (Fsp3) is 0.500. The van der Waals surface area contributed by atoms with Crippen LogP contribution in [0.25, 0.3) is 0 Å². The first-order valence-electron chi connectivity index (χ1n) is 5.39. The fourth-order valence-corrected chi connectivity index (χ4v) is 2.19. The Kier molecular flexibility index (Phi) is 4.11. The van der Waals surface area contributed by atoms with E-state index in [1.165, 1.54) is 11.3 Å². The molecule has 2 amide bonds. The van der Waals surface area contributed by atoms with Gasteiger partial charge in [-0.1, -0.05) is 0 Å². The lowest BCUT2D eigenvalue weighted by Crippen LogP contribution is -2.46. The predicted molar refractivity (Wildman–Crippen MR) is 63.2 cm³/mol. The summed E-state index contributed by atoms with van der Waals surface area (Å²) in [6.45, 7) is 0.738. The van der Waals surface area contributed by atoms with Crippen molar-refractivity contribution >= 4 is 23.3 Å². The highest BCUT2D eigenvalue weighted by molar-refractivity contribution is 7.09. The number of carbonyl (C=O) groups excluding carboxylic acids is 1. The molecule has 7 nitrogen and oxygen atoms in total. The third-order valence-electron chi connectivity index (χ3n) is 2.62. The first-order chi connectivity index (χ1) is 8.66. The normalized spacial score (nSPS) is 22.7. The molecule has 8 heteroatoms. The molecule has 0 spiro atoms. The van der Waals surface area contributed by atoms with Gasteiger partial charge in [0.05, 0.1) is 31.3 Å². The molecular formula is C10H13N3O4S. The van der Waals surface area contributed by atoms with Gasteiger partial charge in [0, 0.05) is 11.1 Å². The molecule has 0 saturated carbocycles. The average molecular weight is 271 g/mol. The Morgan fingerprint density at radius 2 is 2.39 bits per heavy atom. The van der Waals surface area contributed by atoms with Crippen molar-refractivity contribution in [3.05, 3.63) is 16.6 Å². The number of rotatable bonds is 4. The van der Waals surface area contributed by atoms with E-state index in [1.807, 2.05) is 0 Å². The van der Waals surface area contributed by atoms with Gasteiger partial charge in [0.15, 0.2) is 0 Å². The van der Waals surface area contributed by atoms with Gasteiger partial charge in [-0.25, -0.2) is 4.79 Å². The molecule has 1 aromatic rings. The Morgan fingerprint density at radius 3 is 3.06 bits per heavy atom. The van der Waals surface area contributed by atoms with Crippen molar-refractivity contribution in [2.24, 2.45) is 5.92 Å². The zero-order chi connectivity index (χ0) is 13.0. The van der Waals surface area contributed by atoms with Crippen LogP contribution in [0.3, 0.4) is 0 Å². The molecule has 0 aromatic carbocycles. The van der Waals surface area contributed by atoms with Crippen molar-refractivity contribution in [1.82, 2.24) is 15.6 Å². The number of urea groups is 1. The molecule has 2 unspecified atom stereocenters. The van der Waals surface area contributed by atoms with Crippen LogP contribution >= 0.6 is 11.3 Å². The largest absolute Gasteiger partial charge is 0.481 e. The highest BCUT2D eigenvalue weighted by atomic mass is 32.1. The van der Waals surface area contributed by atoms with Crippen LogP contribution in [0.2, 0.25) is 0 Å². The first-order valence-corrected chi connectivity index (χ1v) is 6.27. The van der Waals surface area contributed by atoms with Crippen LogP contribution in [-0.2, 0) is 16.1 Å². The Labute approximate surface area is 107 Å².